The van der Waals surface area contributed by atoms with Crippen molar-refractivity contribution in [2.75, 3.05) is 6.61 Å². The van der Waals surface area contributed by atoms with E-state index in [0.29, 0.717) is 12.8 Å². The highest BCUT2D eigenvalue weighted by molar-refractivity contribution is 5.76. The minimum absolute atomic E-state index is 0.0185. The van der Waals surface area contributed by atoms with Crippen LogP contribution in [0.5, 0.6) is 0 Å². The van der Waals surface area contributed by atoms with Crippen molar-refractivity contribution in [2.24, 2.45) is 0 Å². The van der Waals surface area contributed by atoms with E-state index in [4.69, 9.17) is 0 Å². The van der Waals surface area contributed by atoms with Gasteiger partial charge in [0.25, 0.3) is 0 Å². The predicted molar refractivity (Wildman–Crippen MR) is 355 cm³/mol. The van der Waals surface area contributed by atoms with E-state index < -0.39 is 12.1 Å². The van der Waals surface area contributed by atoms with Crippen LogP contribution in [-0.2, 0) is 4.79 Å². The fourth-order valence-electron chi connectivity index (χ4n) is 12.7. The molecule has 0 rings (SSSR count). The number of unbranched alkanes of at least 4 members (excludes halogenated alkanes) is 65. The van der Waals surface area contributed by atoms with Crippen LogP contribution in [0.25, 0.3) is 0 Å². The Morgan fingerprint density at radius 3 is 0.570 bits per heavy atom. The lowest BCUT2D eigenvalue weighted by molar-refractivity contribution is -0.123. The Hall–Kier alpha value is -0.610. The van der Waals surface area contributed by atoms with Gasteiger partial charge in [0.15, 0.2) is 0 Å². The number of aliphatic hydroxyl groups is 2. The lowest BCUT2D eigenvalue weighted by atomic mass is 10.0. The van der Waals surface area contributed by atoms with Crippen molar-refractivity contribution >= 4 is 5.91 Å². The lowest BCUT2D eigenvalue weighted by Gasteiger charge is -2.22. The van der Waals surface area contributed by atoms with Gasteiger partial charge in [0.1, 0.15) is 0 Å². The highest BCUT2D eigenvalue weighted by atomic mass is 16.3. The molecule has 0 aliphatic rings. The van der Waals surface area contributed by atoms with E-state index in [2.05, 4.69) is 19.2 Å². The van der Waals surface area contributed by atoms with Gasteiger partial charge in [-0.3, -0.25) is 4.79 Å². The number of hydrogen-bond donors (Lipinski definition) is 3. The van der Waals surface area contributed by atoms with Crippen LogP contribution in [0, 0.1) is 0 Å². The molecular formula is C75H151NO3. The van der Waals surface area contributed by atoms with Gasteiger partial charge in [-0.25, -0.2) is 0 Å². The third kappa shape index (κ3) is 68.1. The summed E-state index contributed by atoms with van der Waals surface area (Å²) < 4.78 is 0. The number of nitrogens with one attached hydrogen (secondary N) is 1. The van der Waals surface area contributed by atoms with Crippen molar-refractivity contribution < 1.29 is 15.0 Å². The largest absolute Gasteiger partial charge is 0.394 e. The molecule has 4 heteroatoms. The normalized spacial score (nSPS) is 12.5. The highest BCUT2D eigenvalue weighted by Gasteiger charge is 2.20. The SMILES string of the molecule is CCCCCCCCCCCCCCCCCCCCCCCCCCCCCCCCCCCCCCCCCCC(=O)NC(CO)C(O)CCCCCCCCCCCCCCCCCCCCCCCCCCCCC. The van der Waals surface area contributed by atoms with Crippen LogP contribution < -0.4 is 5.32 Å². The number of rotatable bonds is 72. The second-order valence-electron chi connectivity index (χ2n) is 26.4. The Bertz CT molecular complexity index is 1080. The van der Waals surface area contributed by atoms with E-state index in [1.807, 2.05) is 0 Å². The summed E-state index contributed by atoms with van der Waals surface area (Å²) in [6, 6.07) is -0.533. The van der Waals surface area contributed by atoms with E-state index >= 15 is 0 Å². The Morgan fingerprint density at radius 2 is 0.405 bits per heavy atom. The van der Waals surface area contributed by atoms with Crippen LogP contribution >= 0.6 is 0 Å². The van der Waals surface area contributed by atoms with E-state index in [0.717, 1.165) is 25.7 Å². The molecule has 0 saturated carbocycles. The number of carbonyl (C=O) groups is 1. The van der Waals surface area contributed by atoms with Crippen molar-refractivity contribution in [3.63, 3.8) is 0 Å². The summed E-state index contributed by atoms with van der Waals surface area (Å²) in [4.78, 5) is 12.6. The monoisotopic (exact) mass is 1110 g/mol. The first kappa shape index (κ1) is 78.4. The van der Waals surface area contributed by atoms with E-state index in [1.54, 1.807) is 0 Å². The van der Waals surface area contributed by atoms with Crippen LogP contribution in [0.3, 0.4) is 0 Å². The van der Waals surface area contributed by atoms with E-state index in [-0.39, 0.29) is 12.5 Å². The van der Waals surface area contributed by atoms with Gasteiger partial charge < -0.3 is 15.5 Å². The summed E-state index contributed by atoms with van der Waals surface area (Å²) in [7, 11) is 0. The zero-order valence-corrected chi connectivity index (χ0v) is 55.0. The van der Waals surface area contributed by atoms with Gasteiger partial charge in [0.05, 0.1) is 18.8 Å². The molecule has 0 aliphatic carbocycles. The molecule has 0 aromatic carbocycles. The first-order valence-corrected chi connectivity index (χ1v) is 37.7. The second kappa shape index (κ2) is 71.7. The average Bonchev–Trinajstić information content (AvgIpc) is 3.45. The molecule has 0 heterocycles. The molecule has 0 radical (unpaired) electrons. The molecule has 0 bridgehead atoms. The summed E-state index contributed by atoms with van der Waals surface area (Å²) in [5.74, 6) is -0.0185. The first-order valence-electron chi connectivity index (χ1n) is 37.7. The maximum Gasteiger partial charge on any atom is 0.220 e. The van der Waals surface area contributed by atoms with Crippen molar-refractivity contribution in [1.82, 2.24) is 5.32 Å². The average molecular weight is 1120 g/mol. The predicted octanol–water partition coefficient (Wildman–Crippen LogP) is 25.8. The summed E-state index contributed by atoms with van der Waals surface area (Å²) in [5, 5.41) is 23.5. The van der Waals surface area contributed by atoms with Crippen molar-refractivity contribution in [2.45, 2.75) is 469 Å². The number of hydrogen-bond acceptors (Lipinski definition) is 3. The van der Waals surface area contributed by atoms with Gasteiger partial charge in [-0.1, -0.05) is 438 Å². The van der Waals surface area contributed by atoms with Crippen LogP contribution in [0.2, 0.25) is 0 Å². The van der Waals surface area contributed by atoms with Crippen molar-refractivity contribution in [3.8, 4) is 0 Å². The Balaban J connectivity index is 3.33. The van der Waals surface area contributed by atoms with E-state index in [1.165, 1.54) is 405 Å². The Labute approximate surface area is 499 Å². The molecule has 0 aliphatic heterocycles. The molecule has 3 N–H and O–H groups in total. The van der Waals surface area contributed by atoms with Gasteiger partial charge in [-0.05, 0) is 12.8 Å². The van der Waals surface area contributed by atoms with Crippen LogP contribution in [0.4, 0.5) is 0 Å². The summed E-state index contributed by atoms with van der Waals surface area (Å²) in [6.07, 6.45) is 94.9. The van der Waals surface area contributed by atoms with Gasteiger partial charge in [-0.2, -0.15) is 0 Å². The zero-order chi connectivity index (χ0) is 56.9. The molecule has 79 heavy (non-hydrogen) atoms. The molecule has 0 fully saturated rings. The highest BCUT2D eigenvalue weighted by Crippen LogP contribution is 2.21. The molecule has 0 saturated heterocycles. The van der Waals surface area contributed by atoms with E-state index in [9.17, 15) is 15.0 Å². The maximum atomic E-state index is 12.6. The fraction of sp³-hybridized carbons (Fsp3) is 0.987. The number of amides is 1. The van der Waals surface area contributed by atoms with Crippen LogP contribution in [0.15, 0.2) is 0 Å². The smallest absolute Gasteiger partial charge is 0.220 e. The number of carbonyl (C=O) groups excluding carboxylic acids is 1. The summed E-state index contributed by atoms with van der Waals surface area (Å²) >= 11 is 0. The molecule has 2 unspecified atom stereocenters. The third-order valence-electron chi connectivity index (χ3n) is 18.4. The minimum Gasteiger partial charge on any atom is -0.394 e. The number of aliphatic hydroxyl groups excluding tert-OH is 2. The third-order valence-corrected chi connectivity index (χ3v) is 18.4. The molecule has 1 amide bonds. The topological polar surface area (TPSA) is 69.6 Å². The summed E-state index contributed by atoms with van der Waals surface area (Å²) in [5.41, 5.74) is 0. The molecular weight excluding hydrogens is 963 g/mol. The quantitative estimate of drug-likeness (QED) is 0.0532. The Morgan fingerprint density at radius 1 is 0.253 bits per heavy atom. The molecule has 2 atom stereocenters. The first-order chi connectivity index (χ1) is 39.2. The van der Waals surface area contributed by atoms with Gasteiger partial charge in [0.2, 0.25) is 5.91 Å². The lowest BCUT2D eigenvalue weighted by Crippen LogP contribution is -2.45. The molecule has 0 aromatic heterocycles. The second-order valence-corrected chi connectivity index (χ2v) is 26.4. The van der Waals surface area contributed by atoms with Gasteiger partial charge in [0, 0.05) is 6.42 Å². The van der Waals surface area contributed by atoms with Crippen LogP contribution in [0.1, 0.15) is 457 Å². The van der Waals surface area contributed by atoms with Gasteiger partial charge >= 0.3 is 0 Å². The summed E-state index contributed by atoms with van der Waals surface area (Å²) in [6.45, 7) is 4.42. The van der Waals surface area contributed by atoms with Crippen molar-refractivity contribution in [1.29, 1.82) is 0 Å². The molecule has 474 valence electrons. The fourth-order valence-corrected chi connectivity index (χ4v) is 12.7. The maximum absolute atomic E-state index is 12.6. The standard InChI is InChI=1S/C75H151NO3/c1-3-5-7-9-11-13-15-17-19-21-23-25-27-29-31-32-33-34-35-36-37-38-39-40-41-42-43-45-47-49-51-53-55-57-59-61-63-65-67-69-71-75(79)76-73(72-77)74(78)70-68-66-64-62-60-58-56-54-52-50-48-46-44-30-28-26-24-22-20-18-16-14-12-10-8-6-4-2/h73-74,77-78H,3-72H2,1-2H3,(H,76,79). The molecule has 0 aromatic rings. The van der Waals surface area contributed by atoms with Crippen molar-refractivity contribution in [3.05, 3.63) is 0 Å². The zero-order valence-electron chi connectivity index (χ0n) is 55.0. The Kier molecular flexibility index (Phi) is 71.1. The minimum atomic E-state index is -0.657. The molecule has 4 nitrogen and oxygen atoms in total. The van der Waals surface area contributed by atoms with Gasteiger partial charge in [-0.15, -0.1) is 0 Å². The molecule has 0 spiro atoms. The van der Waals surface area contributed by atoms with Crippen LogP contribution in [-0.4, -0.2) is 34.9 Å².